The third kappa shape index (κ3) is 4.41. The van der Waals surface area contributed by atoms with E-state index >= 15 is 0 Å². The average molecular weight is 400 g/mol. The van der Waals surface area contributed by atoms with Crippen molar-refractivity contribution in [2.45, 2.75) is 6.61 Å². The van der Waals surface area contributed by atoms with Crippen molar-refractivity contribution >= 4 is 23.6 Å². The van der Waals surface area contributed by atoms with Crippen molar-refractivity contribution in [3.63, 3.8) is 0 Å². The molecule has 0 unspecified atom stereocenters. The van der Waals surface area contributed by atoms with Gasteiger partial charge in [-0.1, -0.05) is 42.5 Å². The predicted molar refractivity (Wildman–Crippen MR) is 111 cm³/mol. The molecule has 30 heavy (non-hydrogen) atoms. The zero-order chi connectivity index (χ0) is 20.9. The van der Waals surface area contributed by atoms with Gasteiger partial charge in [0.1, 0.15) is 12.4 Å². The molecule has 0 radical (unpaired) electrons. The molecule has 0 N–H and O–H groups in total. The number of benzene rings is 3. The first-order valence-corrected chi connectivity index (χ1v) is 9.13. The van der Waals surface area contributed by atoms with Crippen LogP contribution in [-0.4, -0.2) is 16.8 Å². The largest absolute Gasteiger partial charge is 0.489 e. The maximum Gasteiger partial charge on any atom is 0.363 e. The highest BCUT2D eigenvalue weighted by molar-refractivity contribution is 6.12. The van der Waals surface area contributed by atoms with Gasteiger partial charge in [0.25, 0.3) is 5.69 Å². The highest BCUT2D eigenvalue weighted by Gasteiger charge is 2.23. The Kier molecular flexibility index (Phi) is 5.34. The van der Waals surface area contributed by atoms with Gasteiger partial charge < -0.3 is 9.47 Å². The Morgan fingerprint density at radius 3 is 2.60 bits per heavy atom. The second-order valence-electron chi connectivity index (χ2n) is 6.49. The van der Waals surface area contributed by atoms with Gasteiger partial charge >= 0.3 is 5.97 Å². The number of non-ortho nitro benzene ring substituents is 1. The normalized spacial score (nSPS) is 14.3. The molecule has 0 saturated heterocycles. The predicted octanol–water partition coefficient (Wildman–Crippen LogP) is 4.52. The molecule has 1 aliphatic heterocycles. The molecule has 0 atom stereocenters. The van der Waals surface area contributed by atoms with E-state index in [4.69, 9.17) is 9.47 Å². The van der Waals surface area contributed by atoms with Crippen LogP contribution in [0.25, 0.3) is 6.08 Å². The summed E-state index contributed by atoms with van der Waals surface area (Å²) in [6, 6.07) is 22.6. The lowest BCUT2D eigenvalue weighted by Gasteiger charge is -2.07. The number of hydrogen-bond donors (Lipinski definition) is 0. The third-order valence-electron chi connectivity index (χ3n) is 4.33. The fourth-order valence-electron chi connectivity index (χ4n) is 2.89. The molecule has 0 spiro atoms. The van der Waals surface area contributed by atoms with Crippen LogP contribution in [0.5, 0.6) is 5.75 Å². The lowest BCUT2D eigenvalue weighted by Crippen LogP contribution is -2.04. The second-order valence-corrected chi connectivity index (χ2v) is 6.49. The Labute approximate surface area is 172 Å². The van der Waals surface area contributed by atoms with Crippen LogP contribution in [0.4, 0.5) is 5.69 Å². The van der Waals surface area contributed by atoms with E-state index in [1.54, 1.807) is 36.4 Å². The van der Waals surface area contributed by atoms with Gasteiger partial charge in [-0.25, -0.2) is 9.79 Å². The molecule has 0 aliphatic carbocycles. The lowest BCUT2D eigenvalue weighted by molar-refractivity contribution is -0.384. The fraction of sp³-hybridized carbons (Fsp3) is 0.0435. The van der Waals surface area contributed by atoms with Crippen LogP contribution in [0.15, 0.2) is 89.6 Å². The quantitative estimate of drug-likeness (QED) is 0.263. The number of carbonyl (C=O) groups excluding carboxylic acids is 1. The van der Waals surface area contributed by atoms with E-state index in [0.717, 1.165) is 11.1 Å². The molecule has 7 heteroatoms. The highest BCUT2D eigenvalue weighted by Crippen LogP contribution is 2.22. The molecule has 1 heterocycles. The third-order valence-corrected chi connectivity index (χ3v) is 4.33. The summed E-state index contributed by atoms with van der Waals surface area (Å²) in [4.78, 5) is 26.9. The number of ether oxygens (including phenoxy) is 2. The molecule has 4 rings (SSSR count). The minimum atomic E-state index is -0.517. The number of esters is 1. The van der Waals surface area contributed by atoms with E-state index in [1.807, 2.05) is 36.4 Å². The Morgan fingerprint density at radius 1 is 1.00 bits per heavy atom. The fourth-order valence-corrected chi connectivity index (χ4v) is 2.89. The topological polar surface area (TPSA) is 91.0 Å². The second kappa shape index (κ2) is 8.40. The van der Waals surface area contributed by atoms with Crippen molar-refractivity contribution in [3.8, 4) is 5.75 Å². The first kappa shape index (κ1) is 19.1. The number of aliphatic imine (C=N–C) groups is 1. The molecule has 3 aromatic carbocycles. The van der Waals surface area contributed by atoms with Gasteiger partial charge in [-0.3, -0.25) is 10.1 Å². The van der Waals surface area contributed by atoms with Gasteiger partial charge in [0.15, 0.2) is 5.70 Å². The number of carbonyl (C=O) groups is 1. The van der Waals surface area contributed by atoms with Crippen LogP contribution in [0.1, 0.15) is 16.7 Å². The highest BCUT2D eigenvalue weighted by atomic mass is 16.6. The number of rotatable bonds is 6. The summed E-state index contributed by atoms with van der Waals surface area (Å²) >= 11 is 0. The number of hydrogen-bond acceptors (Lipinski definition) is 6. The summed E-state index contributed by atoms with van der Waals surface area (Å²) in [7, 11) is 0. The molecular formula is C23H16N2O5. The molecule has 3 aromatic rings. The number of nitrogens with zero attached hydrogens (tertiary/aromatic N) is 2. The lowest BCUT2D eigenvalue weighted by atomic mass is 10.2. The van der Waals surface area contributed by atoms with Gasteiger partial charge in [0.05, 0.1) is 4.92 Å². The summed E-state index contributed by atoms with van der Waals surface area (Å²) in [6.07, 6.45) is 1.62. The minimum Gasteiger partial charge on any atom is -0.489 e. The van der Waals surface area contributed by atoms with Gasteiger partial charge in [0, 0.05) is 17.7 Å². The van der Waals surface area contributed by atoms with E-state index in [2.05, 4.69) is 4.99 Å². The first-order chi connectivity index (χ1) is 14.6. The van der Waals surface area contributed by atoms with Gasteiger partial charge in [-0.15, -0.1) is 0 Å². The minimum absolute atomic E-state index is 0.0152. The van der Waals surface area contributed by atoms with Crippen molar-refractivity contribution < 1.29 is 19.2 Å². The van der Waals surface area contributed by atoms with E-state index in [0.29, 0.717) is 11.3 Å². The molecular weight excluding hydrogens is 384 g/mol. The Bertz CT molecular complexity index is 1170. The van der Waals surface area contributed by atoms with Crippen LogP contribution in [-0.2, 0) is 16.1 Å². The zero-order valence-electron chi connectivity index (χ0n) is 15.7. The molecule has 0 amide bonds. The molecule has 0 fully saturated rings. The number of nitro groups is 1. The van der Waals surface area contributed by atoms with Crippen molar-refractivity contribution in [2.75, 3.05) is 0 Å². The zero-order valence-corrected chi connectivity index (χ0v) is 15.7. The Hall–Kier alpha value is -4.26. The number of nitro benzene ring substituents is 1. The first-order valence-electron chi connectivity index (χ1n) is 9.13. The van der Waals surface area contributed by atoms with Crippen molar-refractivity contribution in [3.05, 3.63) is 111 Å². The van der Waals surface area contributed by atoms with Crippen molar-refractivity contribution in [2.24, 2.45) is 4.99 Å². The summed E-state index contributed by atoms with van der Waals surface area (Å²) in [5, 5.41) is 10.9. The number of cyclic esters (lactones) is 1. The molecule has 1 aliphatic rings. The molecule has 0 saturated carbocycles. The Balaban J connectivity index is 1.49. The van der Waals surface area contributed by atoms with E-state index in [-0.39, 0.29) is 23.9 Å². The van der Waals surface area contributed by atoms with Crippen LogP contribution < -0.4 is 4.74 Å². The molecule has 148 valence electrons. The van der Waals surface area contributed by atoms with Crippen molar-refractivity contribution in [1.29, 1.82) is 0 Å². The standard InChI is InChI=1S/C23H16N2O5/c26-23-21(24-22(30-23)18-8-2-1-3-9-18)14-16-6-5-11-20(13-16)29-15-17-7-4-10-19(12-17)25(27)28/h1-14H,15H2/b21-14-. The van der Waals surface area contributed by atoms with Gasteiger partial charge in [-0.05, 0) is 41.5 Å². The van der Waals surface area contributed by atoms with Crippen LogP contribution in [0.2, 0.25) is 0 Å². The average Bonchev–Trinajstić information content (AvgIpc) is 3.13. The van der Waals surface area contributed by atoms with Gasteiger partial charge in [0.2, 0.25) is 5.90 Å². The van der Waals surface area contributed by atoms with Crippen molar-refractivity contribution in [1.82, 2.24) is 0 Å². The smallest absolute Gasteiger partial charge is 0.363 e. The SMILES string of the molecule is O=C1OC(c2ccccc2)=N/C1=C\c1cccc(OCc2cccc([N+](=O)[O-])c2)c1. The molecule has 0 bridgehead atoms. The van der Waals surface area contributed by atoms with Crippen LogP contribution in [0, 0.1) is 10.1 Å². The summed E-state index contributed by atoms with van der Waals surface area (Å²) in [5.41, 5.74) is 2.34. The molecule has 7 nitrogen and oxygen atoms in total. The van der Waals surface area contributed by atoms with Crippen LogP contribution in [0.3, 0.4) is 0 Å². The maximum atomic E-state index is 12.2. The summed E-state index contributed by atoms with van der Waals surface area (Å²) < 4.78 is 11.0. The summed E-state index contributed by atoms with van der Waals surface area (Å²) in [5.74, 6) is 0.316. The van der Waals surface area contributed by atoms with Crippen LogP contribution >= 0.6 is 0 Å². The Morgan fingerprint density at radius 2 is 1.80 bits per heavy atom. The monoisotopic (exact) mass is 400 g/mol. The maximum absolute atomic E-state index is 12.2. The summed E-state index contributed by atoms with van der Waals surface area (Å²) in [6.45, 7) is 0.181. The van der Waals surface area contributed by atoms with Gasteiger partial charge in [-0.2, -0.15) is 0 Å². The van der Waals surface area contributed by atoms with E-state index < -0.39 is 10.9 Å². The molecule has 0 aromatic heterocycles. The van der Waals surface area contributed by atoms with E-state index in [1.165, 1.54) is 12.1 Å². The van der Waals surface area contributed by atoms with E-state index in [9.17, 15) is 14.9 Å².